The summed E-state index contributed by atoms with van der Waals surface area (Å²) < 4.78 is 19.6. The highest BCUT2D eigenvalue weighted by Gasteiger charge is 2.40. The van der Waals surface area contributed by atoms with E-state index in [4.69, 9.17) is 28.7 Å². The van der Waals surface area contributed by atoms with Crippen molar-refractivity contribution < 1.29 is 14.2 Å². The molecule has 1 heterocycles. The van der Waals surface area contributed by atoms with Crippen LogP contribution in [0.1, 0.15) is 6.42 Å². The molecule has 0 amide bonds. The van der Waals surface area contributed by atoms with Crippen LogP contribution in [0.4, 0.5) is 10.2 Å². The quantitative estimate of drug-likeness (QED) is 0.651. The molecule has 2 atom stereocenters. The second-order valence-electron chi connectivity index (χ2n) is 3.97. The lowest BCUT2D eigenvalue weighted by Crippen LogP contribution is -2.47. The number of aliphatic hydroxyl groups excluding tert-OH is 1. The number of methoxy groups -OCH3 is 1. The largest absolute Gasteiger partial charge is 0.392 e. The summed E-state index contributed by atoms with van der Waals surface area (Å²) >= 11 is 0. The van der Waals surface area contributed by atoms with Crippen LogP contribution in [0.25, 0.3) is 0 Å². The molecule has 0 spiro atoms. The number of rotatable bonds is 5. The highest BCUT2D eigenvalue weighted by atomic mass is 19.1. The molecule has 1 rings (SSSR count). The smallest absolute Gasteiger partial charge is 0.351 e. The van der Waals surface area contributed by atoms with Crippen molar-refractivity contribution >= 4 is 13.7 Å². The van der Waals surface area contributed by atoms with Gasteiger partial charge in [-0.25, -0.2) is 9.18 Å². The number of nitrogens with two attached hydrogens (primary N) is 1. The number of hydrogen-bond donors (Lipinski definition) is 2. The summed E-state index contributed by atoms with van der Waals surface area (Å²) in [6, 6.07) is 2.80. The maximum Gasteiger partial charge on any atom is 0.351 e. The molecule has 0 saturated heterocycles. The number of ether oxygens (including phenoxy) is 1. The van der Waals surface area contributed by atoms with Gasteiger partial charge in [0.1, 0.15) is 17.6 Å². The van der Waals surface area contributed by atoms with E-state index < -0.39 is 30.0 Å². The maximum absolute atomic E-state index is 14.4. The van der Waals surface area contributed by atoms with E-state index in [0.717, 1.165) is 13.3 Å². The summed E-state index contributed by atoms with van der Waals surface area (Å²) in [6.45, 7) is -0.778. The minimum Gasteiger partial charge on any atom is -0.392 e. The zero-order valence-electron chi connectivity index (χ0n) is 10.2. The van der Waals surface area contributed by atoms with Crippen LogP contribution in [0, 0.1) is 11.3 Å². The van der Waals surface area contributed by atoms with Crippen LogP contribution in [-0.4, -0.2) is 41.8 Å². The summed E-state index contributed by atoms with van der Waals surface area (Å²) in [6.07, 6.45) is 0.259. The van der Waals surface area contributed by atoms with Gasteiger partial charge in [-0.05, 0) is 6.07 Å². The molecule has 100 valence electrons. The second-order valence-corrected chi connectivity index (χ2v) is 3.97. The molecule has 0 saturated carbocycles. The number of nitrogen functional groups attached to an aromatic ring is 1. The van der Waals surface area contributed by atoms with Crippen molar-refractivity contribution in [1.29, 1.82) is 5.26 Å². The SMILES string of the molecule is [B]C(F)(CC(C#N)(CO)OC)n1ccc(N)nc1=O. The summed E-state index contributed by atoms with van der Waals surface area (Å²) in [5.41, 5.74) is -0.351. The van der Waals surface area contributed by atoms with Gasteiger partial charge in [0.05, 0.1) is 6.61 Å². The van der Waals surface area contributed by atoms with E-state index in [9.17, 15) is 9.18 Å². The van der Waals surface area contributed by atoms with Gasteiger partial charge >= 0.3 is 5.69 Å². The van der Waals surface area contributed by atoms with E-state index in [1.54, 1.807) is 6.07 Å². The number of anilines is 1. The third-order valence-corrected chi connectivity index (χ3v) is 2.61. The molecule has 3 N–H and O–H groups in total. The average molecular weight is 266 g/mol. The third-order valence-electron chi connectivity index (χ3n) is 2.61. The Morgan fingerprint density at radius 2 is 2.42 bits per heavy atom. The van der Waals surface area contributed by atoms with E-state index >= 15 is 0 Å². The van der Waals surface area contributed by atoms with Crippen LogP contribution < -0.4 is 11.4 Å². The van der Waals surface area contributed by atoms with Crippen molar-refractivity contribution in [1.82, 2.24) is 9.55 Å². The molecule has 9 heteroatoms. The average Bonchev–Trinajstić information content (AvgIpc) is 2.35. The Morgan fingerprint density at radius 1 is 1.79 bits per heavy atom. The lowest BCUT2D eigenvalue weighted by molar-refractivity contribution is -0.0498. The van der Waals surface area contributed by atoms with Crippen molar-refractivity contribution in [2.75, 3.05) is 19.5 Å². The van der Waals surface area contributed by atoms with E-state index in [-0.39, 0.29) is 5.82 Å². The lowest BCUT2D eigenvalue weighted by atomic mass is 9.82. The molecule has 0 aromatic carbocycles. The van der Waals surface area contributed by atoms with E-state index in [1.165, 1.54) is 6.07 Å². The van der Waals surface area contributed by atoms with Gasteiger partial charge in [-0.15, -0.1) is 0 Å². The predicted octanol–water partition coefficient (Wildman–Crippen LogP) is -1.14. The Labute approximate surface area is 109 Å². The first-order valence-corrected chi connectivity index (χ1v) is 5.21. The summed E-state index contributed by atoms with van der Waals surface area (Å²) in [7, 11) is 6.50. The molecule has 0 fully saturated rings. The highest BCUT2D eigenvalue weighted by molar-refractivity contribution is 6.12. The molecule has 1 aromatic heterocycles. The van der Waals surface area contributed by atoms with Crippen molar-refractivity contribution in [2.24, 2.45) is 0 Å². The standard InChI is InChI=1S/C10H12BFN4O3/c1-19-9(5-13,6-17)4-10(11,12)16-3-2-7(14)15-8(16)18/h2-3,17H,4,6H2,1H3,(H2,14,15,18). The molecule has 2 radical (unpaired) electrons. The molecule has 0 bridgehead atoms. The third kappa shape index (κ3) is 3.10. The molecular weight excluding hydrogens is 254 g/mol. The molecule has 0 aliphatic rings. The molecule has 2 unspecified atom stereocenters. The first-order chi connectivity index (χ1) is 8.80. The molecule has 7 nitrogen and oxygen atoms in total. The molecular formula is C10H12BFN4O3. The van der Waals surface area contributed by atoms with Crippen LogP contribution in [0.3, 0.4) is 0 Å². The summed E-state index contributed by atoms with van der Waals surface area (Å²) in [5, 5.41) is 18.0. The van der Waals surface area contributed by atoms with Gasteiger partial charge in [-0.1, -0.05) is 0 Å². The fourth-order valence-electron chi connectivity index (χ4n) is 1.50. The van der Waals surface area contributed by atoms with Gasteiger partial charge in [0, 0.05) is 19.7 Å². The van der Waals surface area contributed by atoms with Crippen molar-refractivity contribution in [3.8, 4) is 6.07 Å². The van der Waals surface area contributed by atoms with Crippen LogP contribution >= 0.6 is 0 Å². The Balaban J connectivity index is 3.18. The Bertz CT molecular complexity index is 550. The van der Waals surface area contributed by atoms with Gasteiger partial charge in [0.15, 0.2) is 13.4 Å². The molecule has 19 heavy (non-hydrogen) atoms. The first-order valence-electron chi connectivity index (χ1n) is 5.21. The number of halogens is 1. The Kier molecular flexibility index (Phi) is 4.29. The predicted molar refractivity (Wildman–Crippen MR) is 64.8 cm³/mol. The fraction of sp³-hybridized carbons (Fsp3) is 0.500. The van der Waals surface area contributed by atoms with Gasteiger partial charge in [-0.2, -0.15) is 10.2 Å². The van der Waals surface area contributed by atoms with Gasteiger partial charge < -0.3 is 15.6 Å². The zero-order chi connectivity index (χ0) is 14.7. The van der Waals surface area contributed by atoms with Crippen LogP contribution in [0.2, 0.25) is 0 Å². The topological polar surface area (TPSA) is 114 Å². The highest BCUT2D eigenvalue weighted by Crippen LogP contribution is 2.27. The minimum atomic E-state index is -2.76. The van der Waals surface area contributed by atoms with Gasteiger partial charge in [0.25, 0.3) is 0 Å². The Morgan fingerprint density at radius 3 is 2.84 bits per heavy atom. The van der Waals surface area contributed by atoms with Gasteiger partial charge in [-0.3, -0.25) is 4.57 Å². The second kappa shape index (κ2) is 5.38. The molecule has 0 aliphatic carbocycles. The summed E-state index contributed by atoms with van der Waals surface area (Å²) in [5.74, 6) is -0.0857. The van der Waals surface area contributed by atoms with Crippen molar-refractivity contribution in [3.05, 3.63) is 22.7 Å². The normalized spacial score (nSPS) is 17.2. The number of hydrogen-bond acceptors (Lipinski definition) is 6. The number of nitriles is 1. The monoisotopic (exact) mass is 266 g/mol. The van der Waals surface area contributed by atoms with Gasteiger partial charge in [0.2, 0.25) is 0 Å². The summed E-state index contributed by atoms with van der Waals surface area (Å²) in [4.78, 5) is 14.8. The molecule has 0 aliphatic heterocycles. The van der Waals surface area contributed by atoms with E-state index in [1.807, 2.05) is 0 Å². The van der Waals surface area contributed by atoms with E-state index in [2.05, 4.69) is 4.98 Å². The van der Waals surface area contributed by atoms with Crippen molar-refractivity contribution in [2.45, 2.75) is 17.7 Å². The van der Waals surface area contributed by atoms with Crippen molar-refractivity contribution in [3.63, 3.8) is 0 Å². The first kappa shape index (κ1) is 15.1. The Hall–Kier alpha value is -1.92. The van der Waals surface area contributed by atoms with Crippen LogP contribution in [-0.2, 0) is 10.4 Å². The lowest BCUT2D eigenvalue weighted by Gasteiger charge is -2.31. The van der Waals surface area contributed by atoms with Crippen LogP contribution in [0.15, 0.2) is 17.1 Å². The number of aromatic nitrogens is 2. The maximum atomic E-state index is 14.4. The van der Waals surface area contributed by atoms with Crippen LogP contribution in [0.5, 0.6) is 0 Å². The number of aliphatic hydroxyl groups is 1. The fourth-order valence-corrected chi connectivity index (χ4v) is 1.50. The molecule has 1 aromatic rings. The number of alkyl halides is 1. The number of nitrogens with zero attached hydrogens (tertiary/aromatic N) is 3. The minimum absolute atomic E-state index is 0.0857. The zero-order valence-corrected chi connectivity index (χ0v) is 10.2. The van der Waals surface area contributed by atoms with E-state index in [0.29, 0.717) is 4.57 Å².